The molecule has 0 saturated heterocycles. The number of hydrogen-bond acceptors (Lipinski definition) is 4. The molecule has 2 amide bonds. The fourth-order valence-corrected chi connectivity index (χ4v) is 3.22. The number of aromatic nitrogens is 1. The molecule has 1 atom stereocenters. The summed E-state index contributed by atoms with van der Waals surface area (Å²) >= 11 is 0. The minimum absolute atomic E-state index is 0.0204. The van der Waals surface area contributed by atoms with Crippen molar-refractivity contribution in [2.45, 2.75) is 25.9 Å². The van der Waals surface area contributed by atoms with Gasteiger partial charge in [0.25, 0.3) is 0 Å². The van der Waals surface area contributed by atoms with E-state index in [2.05, 4.69) is 27.0 Å². The van der Waals surface area contributed by atoms with Gasteiger partial charge in [0.05, 0.1) is 12.6 Å². The van der Waals surface area contributed by atoms with Crippen LogP contribution < -0.4 is 21.7 Å². The van der Waals surface area contributed by atoms with Gasteiger partial charge < -0.3 is 26.7 Å². The number of amides is 2. The molecule has 0 aliphatic rings. The summed E-state index contributed by atoms with van der Waals surface area (Å²) in [7, 11) is 0. The molecule has 8 heteroatoms. The lowest BCUT2D eigenvalue weighted by Gasteiger charge is -2.14. The molecule has 162 valence electrons. The summed E-state index contributed by atoms with van der Waals surface area (Å²) in [5, 5.41) is 17.2. The number of nitrogens with two attached hydrogens (primary N) is 1. The second kappa shape index (κ2) is 10.4. The summed E-state index contributed by atoms with van der Waals surface area (Å²) in [6, 6.07) is 14.8. The predicted octanol–water partition coefficient (Wildman–Crippen LogP) is 1.41. The van der Waals surface area contributed by atoms with Gasteiger partial charge in [-0.3, -0.25) is 15.0 Å². The van der Waals surface area contributed by atoms with Crippen molar-refractivity contribution in [2.24, 2.45) is 5.73 Å². The smallest absolute Gasteiger partial charge is 0.239 e. The number of carbonyl (C=O) groups excluding carboxylic acids is 2. The van der Waals surface area contributed by atoms with Crippen LogP contribution in [0, 0.1) is 5.41 Å². The van der Waals surface area contributed by atoms with E-state index in [1.54, 1.807) is 19.1 Å². The Morgan fingerprint density at radius 3 is 2.58 bits per heavy atom. The van der Waals surface area contributed by atoms with Crippen LogP contribution in [0.4, 0.5) is 0 Å². The number of amidine groups is 1. The maximum absolute atomic E-state index is 12.2. The van der Waals surface area contributed by atoms with Crippen LogP contribution >= 0.6 is 0 Å². The Kier molecular flexibility index (Phi) is 7.40. The Morgan fingerprint density at radius 1 is 1.10 bits per heavy atom. The highest BCUT2D eigenvalue weighted by Crippen LogP contribution is 2.17. The third-order valence-electron chi connectivity index (χ3n) is 5.09. The van der Waals surface area contributed by atoms with Crippen LogP contribution in [0.3, 0.4) is 0 Å². The van der Waals surface area contributed by atoms with Crippen LogP contribution in [0.1, 0.15) is 23.6 Å². The predicted molar refractivity (Wildman–Crippen MR) is 122 cm³/mol. The van der Waals surface area contributed by atoms with Crippen LogP contribution in [0.2, 0.25) is 0 Å². The molecule has 31 heavy (non-hydrogen) atoms. The van der Waals surface area contributed by atoms with E-state index in [0.717, 1.165) is 22.0 Å². The minimum atomic E-state index is -0.452. The molecule has 0 bridgehead atoms. The molecule has 0 radical (unpaired) electrons. The van der Waals surface area contributed by atoms with Gasteiger partial charge in [0.1, 0.15) is 5.84 Å². The number of rotatable bonds is 10. The molecule has 3 rings (SSSR count). The second-order valence-electron chi connectivity index (χ2n) is 7.39. The highest BCUT2D eigenvalue weighted by molar-refractivity contribution is 5.94. The number of benzene rings is 2. The van der Waals surface area contributed by atoms with Crippen LogP contribution in [-0.2, 0) is 22.6 Å². The standard InChI is InChI=1S/C23H28N6O2/c1-15(27-12-16-6-8-17(9-7-16)22(24)25)23(31)29-14-21(30)26-11-10-18-13-28-20-5-3-2-4-19(18)20/h2-9,13,15,27-28H,10-12,14H2,1H3,(H3,24,25)(H,26,30)(H,29,31). The maximum Gasteiger partial charge on any atom is 0.239 e. The van der Waals surface area contributed by atoms with Crippen molar-refractivity contribution >= 4 is 28.6 Å². The molecule has 0 spiro atoms. The Hall–Kier alpha value is -3.65. The van der Waals surface area contributed by atoms with E-state index >= 15 is 0 Å². The fourth-order valence-electron chi connectivity index (χ4n) is 3.22. The van der Waals surface area contributed by atoms with E-state index in [4.69, 9.17) is 11.1 Å². The number of nitrogen functional groups attached to an aromatic ring is 1. The molecule has 8 nitrogen and oxygen atoms in total. The first-order valence-corrected chi connectivity index (χ1v) is 10.2. The Labute approximate surface area is 181 Å². The number of fused-ring (bicyclic) bond motifs is 1. The van der Waals surface area contributed by atoms with Gasteiger partial charge in [0.15, 0.2) is 0 Å². The van der Waals surface area contributed by atoms with E-state index in [1.165, 1.54) is 0 Å². The summed E-state index contributed by atoms with van der Waals surface area (Å²) in [5.74, 6) is -0.445. The number of H-pyrrole nitrogens is 1. The van der Waals surface area contributed by atoms with Crippen LogP contribution in [-0.4, -0.2) is 41.8 Å². The normalized spacial score (nSPS) is 11.8. The topological polar surface area (TPSA) is 136 Å². The first-order chi connectivity index (χ1) is 14.9. The van der Waals surface area contributed by atoms with Crippen molar-refractivity contribution in [3.8, 4) is 0 Å². The SMILES string of the molecule is CC(NCc1ccc(C(=N)N)cc1)C(=O)NCC(=O)NCCc1c[nH]c2ccccc12. The number of hydrogen-bond donors (Lipinski definition) is 6. The average Bonchev–Trinajstić information content (AvgIpc) is 3.19. The molecular formula is C23H28N6O2. The zero-order valence-electron chi connectivity index (χ0n) is 17.5. The molecule has 0 fully saturated rings. The quantitative estimate of drug-likeness (QED) is 0.218. The van der Waals surface area contributed by atoms with Crippen LogP contribution in [0.15, 0.2) is 54.7 Å². The molecule has 3 aromatic rings. The number of aromatic amines is 1. The van der Waals surface area contributed by atoms with Gasteiger partial charge in [-0.05, 0) is 30.5 Å². The molecule has 2 aromatic carbocycles. The lowest BCUT2D eigenvalue weighted by Crippen LogP contribution is -2.45. The van der Waals surface area contributed by atoms with Crippen molar-refractivity contribution < 1.29 is 9.59 Å². The van der Waals surface area contributed by atoms with E-state index in [0.29, 0.717) is 25.1 Å². The van der Waals surface area contributed by atoms with E-state index in [9.17, 15) is 9.59 Å². The molecule has 1 heterocycles. The highest BCUT2D eigenvalue weighted by atomic mass is 16.2. The summed E-state index contributed by atoms with van der Waals surface area (Å²) < 4.78 is 0. The lowest BCUT2D eigenvalue weighted by molar-refractivity contribution is -0.127. The minimum Gasteiger partial charge on any atom is -0.384 e. The Morgan fingerprint density at radius 2 is 1.84 bits per heavy atom. The monoisotopic (exact) mass is 420 g/mol. The highest BCUT2D eigenvalue weighted by Gasteiger charge is 2.13. The van der Waals surface area contributed by atoms with Gasteiger partial charge in [-0.25, -0.2) is 0 Å². The molecule has 0 aliphatic heterocycles. The van der Waals surface area contributed by atoms with Gasteiger partial charge in [-0.1, -0.05) is 42.5 Å². The molecule has 0 saturated carbocycles. The van der Waals surface area contributed by atoms with Gasteiger partial charge in [-0.15, -0.1) is 0 Å². The van der Waals surface area contributed by atoms with Crippen LogP contribution in [0.25, 0.3) is 10.9 Å². The lowest BCUT2D eigenvalue weighted by atomic mass is 10.1. The first kappa shape index (κ1) is 22.0. The second-order valence-corrected chi connectivity index (χ2v) is 7.39. The number of para-hydroxylation sites is 1. The van der Waals surface area contributed by atoms with Crippen molar-refractivity contribution in [1.82, 2.24) is 20.9 Å². The molecule has 1 unspecified atom stereocenters. The Balaban J connectivity index is 1.35. The van der Waals surface area contributed by atoms with Crippen molar-refractivity contribution in [3.05, 3.63) is 71.4 Å². The zero-order valence-corrected chi connectivity index (χ0v) is 17.5. The number of carbonyl (C=O) groups is 2. The number of nitrogens with one attached hydrogen (secondary N) is 5. The van der Waals surface area contributed by atoms with E-state index in [1.807, 2.05) is 36.5 Å². The van der Waals surface area contributed by atoms with Gasteiger partial charge in [0, 0.05) is 35.8 Å². The Bertz CT molecular complexity index is 1060. The third kappa shape index (κ3) is 6.16. The van der Waals surface area contributed by atoms with Crippen LogP contribution in [0.5, 0.6) is 0 Å². The van der Waals surface area contributed by atoms with E-state index in [-0.39, 0.29) is 24.2 Å². The van der Waals surface area contributed by atoms with Gasteiger partial charge >= 0.3 is 0 Å². The van der Waals surface area contributed by atoms with Gasteiger partial charge in [0.2, 0.25) is 11.8 Å². The molecule has 0 aliphatic carbocycles. The van der Waals surface area contributed by atoms with Crippen molar-refractivity contribution in [2.75, 3.05) is 13.1 Å². The van der Waals surface area contributed by atoms with Crippen molar-refractivity contribution in [1.29, 1.82) is 5.41 Å². The third-order valence-corrected chi connectivity index (χ3v) is 5.09. The first-order valence-electron chi connectivity index (χ1n) is 10.2. The average molecular weight is 421 g/mol. The maximum atomic E-state index is 12.2. The van der Waals surface area contributed by atoms with Gasteiger partial charge in [-0.2, -0.15) is 0 Å². The summed E-state index contributed by atoms with van der Waals surface area (Å²) in [5.41, 5.74) is 9.29. The fraction of sp³-hybridized carbons (Fsp3) is 0.261. The van der Waals surface area contributed by atoms with Crippen molar-refractivity contribution in [3.63, 3.8) is 0 Å². The largest absolute Gasteiger partial charge is 0.384 e. The summed E-state index contributed by atoms with van der Waals surface area (Å²) in [4.78, 5) is 27.5. The molecular weight excluding hydrogens is 392 g/mol. The summed E-state index contributed by atoms with van der Waals surface area (Å²) in [6.07, 6.45) is 2.67. The molecule has 1 aromatic heterocycles. The summed E-state index contributed by atoms with van der Waals surface area (Å²) in [6.45, 7) is 2.67. The van der Waals surface area contributed by atoms with E-state index < -0.39 is 6.04 Å². The molecule has 7 N–H and O–H groups in total. The zero-order chi connectivity index (χ0) is 22.2.